The molecule has 1 saturated carbocycles. The van der Waals surface area contributed by atoms with Gasteiger partial charge in [-0.1, -0.05) is 12.8 Å². The fourth-order valence-electron chi connectivity index (χ4n) is 3.86. The van der Waals surface area contributed by atoms with Crippen LogP contribution >= 0.6 is 0 Å². The molecular weight excluding hydrogens is 318 g/mol. The van der Waals surface area contributed by atoms with E-state index in [1.54, 1.807) is 4.90 Å². The van der Waals surface area contributed by atoms with E-state index in [2.05, 4.69) is 17.3 Å². The van der Waals surface area contributed by atoms with Gasteiger partial charge < -0.3 is 25.0 Å². The molecule has 1 aromatic carbocycles. The van der Waals surface area contributed by atoms with Crippen LogP contribution in [0.3, 0.4) is 0 Å². The average molecular weight is 345 g/mol. The predicted octanol–water partition coefficient (Wildman–Crippen LogP) is -0.484. The predicted molar refractivity (Wildman–Crippen MR) is 94.4 cm³/mol. The van der Waals surface area contributed by atoms with Gasteiger partial charge >= 0.3 is 0 Å². The van der Waals surface area contributed by atoms with Crippen molar-refractivity contribution in [1.82, 2.24) is 0 Å². The maximum atomic E-state index is 12.5. The molecule has 1 saturated heterocycles. The standard InChI is InChI=1S/C19H27N3O3/c1-21-10-12-22(13-11-21)15-8-6-14(7-9-15)20-18(23)16-4-2-3-5-17(16)19(24)25/h6-9,16-17H,2-5,10-13H2,1H3,(H,20,23)(H,24,25)/t16-,17+/m1/s1. The van der Waals surface area contributed by atoms with Crippen molar-refractivity contribution in [2.75, 3.05) is 43.4 Å². The zero-order valence-corrected chi connectivity index (χ0v) is 14.8. The molecule has 6 heteroatoms. The largest absolute Gasteiger partial charge is 0.550 e. The molecule has 25 heavy (non-hydrogen) atoms. The maximum absolute atomic E-state index is 12.5. The molecule has 0 unspecified atom stereocenters. The minimum atomic E-state index is -1.10. The summed E-state index contributed by atoms with van der Waals surface area (Å²) in [7, 11) is 2.21. The summed E-state index contributed by atoms with van der Waals surface area (Å²) in [6.07, 6.45) is 2.90. The summed E-state index contributed by atoms with van der Waals surface area (Å²) in [6.45, 7) is 4.33. The Labute approximate surface area is 148 Å². The van der Waals surface area contributed by atoms with Crippen LogP contribution in [0, 0.1) is 11.8 Å². The number of rotatable bonds is 4. The van der Waals surface area contributed by atoms with Crippen LogP contribution in [0.25, 0.3) is 0 Å². The zero-order chi connectivity index (χ0) is 17.8. The highest BCUT2D eigenvalue weighted by Gasteiger charge is 2.31. The van der Waals surface area contributed by atoms with Gasteiger partial charge in [-0.25, -0.2) is 0 Å². The molecule has 0 radical (unpaired) electrons. The van der Waals surface area contributed by atoms with Gasteiger partial charge in [0.25, 0.3) is 0 Å². The first-order valence-electron chi connectivity index (χ1n) is 9.22. The monoisotopic (exact) mass is 345 g/mol. The Morgan fingerprint density at radius 3 is 2.28 bits per heavy atom. The maximum Gasteiger partial charge on any atom is 0.228 e. The quantitative estimate of drug-likeness (QED) is 0.773. The van der Waals surface area contributed by atoms with Gasteiger partial charge in [-0.15, -0.1) is 0 Å². The minimum absolute atomic E-state index is 0.204. The highest BCUT2D eigenvalue weighted by molar-refractivity contribution is 5.95. The number of carbonyl (C=O) groups is 2. The Morgan fingerprint density at radius 1 is 1.08 bits per heavy atom. The van der Waals surface area contributed by atoms with E-state index in [9.17, 15) is 14.7 Å². The molecule has 3 rings (SSSR count). The first-order valence-corrected chi connectivity index (χ1v) is 9.22. The van der Waals surface area contributed by atoms with Gasteiger partial charge in [-0.05, 0) is 37.1 Å². The molecule has 2 atom stereocenters. The molecule has 136 valence electrons. The summed E-state index contributed by atoms with van der Waals surface area (Å²) in [5.74, 6) is -2.46. The van der Waals surface area contributed by atoms with Gasteiger partial charge in [0.1, 0.15) is 0 Å². The van der Waals surface area contributed by atoms with E-state index in [0.29, 0.717) is 12.8 Å². The van der Waals surface area contributed by atoms with Gasteiger partial charge in [0.05, 0.1) is 33.2 Å². The summed E-state index contributed by atoms with van der Waals surface area (Å²) in [6, 6.07) is 7.84. The summed E-state index contributed by atoms with van der Waals surface area (Å²) in [5.41, 5.74) is 1.88. The third kappa shape index (κ3) is 4.31. The fourth-order valence-corrected chi connectivity index (χ4v) is 3.86. The first-order chi connectivity index (χ1) is 12.0. The van der Waals surface area contributed by atoms with Crippen molar-refractivity contribution in [2.45, 2.75) is 25.7 Å². The van der Waals surface area contributed by atoms with Gasteiger partial charge in [-0.2, -0.15) is 0 Å². The van der Waals surface area contributed by atoms with E-state index in [4.69, 9.17) is 0 Å². The molecule has 0 bridgehead atoms. The third-order valence-electron chi connectivity index (χ3n) is 5.52. The molecule has 0 spiro atoms. The average Bonchev–Trinajstić information content (AvgIpc) is 2.63. The van der Waals surface area contributed by atoms with Crippen LogP contribution in [0.5, 0.6) is 0 Å². The number of hydrogen-bond donors (Lipinski definition) is 2. The fraction of sp³-hybridized carbons (Fsp3) is 0.579. The molecule has 2 N–H and O–H groups in total. The highest BCUT2D eigenvalue weighted by Crippen LogP contribution is 2.31. The normalized spacial score (nSPS) is 24.8. The van der Waals surface area contributed by atoms with Crippen LogP contribution in [0.4, 0.5) is 11.4 Å². The molecule has 1 heterocycles. The van der Waals surface area contributed by atoms with Crippen LogP contribution in [-0.4, -0.2) is 45.1 Å². The molecule has 1 aliphatic heterocycles. The third-order valence-corrected chi connectivity index (χ3v) is 5.52. The Hall–Kier alpha value is -2.08. The highest BCUT2D eigenvalue weighted by atomic mass is 16.4. The van der Waals surface area contributed by atoms with Gasteiger partial charge in [0.15, 0.2) is 0 Å². The number of benzene rings is 1. The zero-order valence-electron chi connectivity index (χ0n) is 14.8. The number of anilines is 2. The van der Waals surface area contributed by atoms with E-state index in [0.717, 1.165) is 50.4 Å². The van der Waals surface area contributed by atoms with Crippen molar-refractivity contribution in [3.05, 3.63) is 24.3 Å². The summed E-state index contributed by atoms with van der Waals surface area (Å²) in [4.78, 5) is 27.7. The lowest BCUT2D eigenvalue weighted by Gasteiger charge is -2.32. The lowest BCUT2D eigenvalue weighted by molar-refractivity contribution is -0.880. The van der Waals surface area contributed by atoms with Crippen molar-refractivity contribution in [1.29, 1.82) is 0 Å². The Morgan fingerprint density at radius 2 is 1.68 bits per heavy atom. The minimum Gasteiger partial charge on any atom is -0.550 e. The van der Waals surface area contributed by atoms with Gasteiger partial charge in [0, 0.05) is 29.2 Å². The molecular formula is C19H27N3O3. The second kappa shape index (κ2) is 7.87. The second-order valence-corrected chi connectivity index (χ2v) is 7.30. The van der Waals surface area contributed by atoms with Crippen molar-refractivity contribution in [3.63, 3.8) is 0 Å². The first kappa shape index (κ1) is 17.7. The number of nitrogens with one attached hydrogen (secondary N) is 2. The summed E-state index contributed by atoms with van der Waals surface area (Å²) < 4.78 is 0. The smallest absolute Gasteiger partial charge is 0.228 e. The van der Waals surface area contributed by atoms with E-state index in [-0.39, 0.29) is 5.91 Å². The van der Waals surface area contributed by atoms with Crippen LogP contribution in [0.15, 0.2) is 24.3 Å². The van der Waals surface area contributed by atoms with Crippen molar-refractivity contribution < 1.29 is 19.6 Å². The SMILES string of the molecule is C[NH+]1CCN(c2ccc(NC(=O)[C@@H]3CCCC[C@@H]3C(=O)[O-])cc2)CC1. The topological polar surface area (TPSA) is 76.9 Å². The molecule has 1 aliphatic carbocycles. The van der Waals surface area contributed by atoms with Crippen molar-refractivity contribution >= 4 is 23.3 Å². The van der Waals surface area contributed by atoms with Crippen LogP contribution in [0.1, 0.15) is 25.7 Å². The molecule has 0 aromatic heterocycles. The molecule has 1 amide bonds. The molecule has 2 fully saturated rings. The van der Waals surface area contributed by atoms with Crippen LogP contribution in [-0.2, 0) is 9.59 Å². The molecule has 2 aliphatic rings. The molecule has 6 nitrogen and oxygen atoms in total. The number of amides is 1. The second-order valence-electron chi connectivity index (χ2n) is 7.30. The Bertz CT molecular complexity index is 609. The lowest BCUT2D eigenvalue weighted by atomic mass is 9.78. The number of aliphatic carboxylic acids is 1. The number of nitrogens with zero attached hydrogens (tertiary/aromatic N) is 1. The number of carbonyl (C=O) groups excluding carboxylic acids is 2. The van der Waals surface area contributed by atoms with E-state index >= 15 is 0 Å². The van der Waals surface area contributed by atoms with Gasteiger partial charge in [0.2, 0.25) is 5.91 Å². The molecule has 1 aromatic rings. The Balaban J connectivity index is 1.60. The number of quaternary nitrogens is 1. The van der Waals surface area contributed by atoms with Crippen molar-refractivity contribution in [2.24, 2.45) is 11.8 Å². The van der Waals surface area contributed by atoms with Crippen LogP contribution in [0.2, 0.25) is 0 Å². The van der Waals surface area contributed by atoms with Gasteiger partial charge in [-0.3, -0.25) is 4.79 Å². The van der Waals surface area contributed by atoms with E-state index in [1.165, 1.54) is 0 Å². The number of piperazine rings is 1. The van der Waals surface area contributed by atoms with Crippen LogP contribution < -0.4 is 20.2 Å². The summed E-state index contributed by atoms with van der Waals surface area (Å²) in [5, 5.41) is 14.1. The Kier molecular flexibility index (Phi) is 5.58. The van der Waals surface area contributed by atoms with Crippen molar-refractivity contribution in [3.8, 4) is 0 Å². The van der Waals surface area contributed by atoms with E-state index < -0.39 is 17.8 Å². The summed E-state index contributed by atoms with van der Waals surface area (Å²) >= 11 is 0. The number of carboxylic acid groups (broad SMARTS) is 1. The lowest BCUT2D eigenvalue weighted by Crippen LogP contribution is -3.12. The van der Waals surface area contributed by atoms with E-state index in [1.807, 2.05) is 24.3 Å². The number of hydrogen-bond acceptors (Lipinski definition) is 4. The number of likely N-dealkylation sites (N-methyl/N-ethyl adjacent to an activating group) is 1. The number of carboxylic acids is 1.